The van der Waals surface area contributed by atoms with Crippen LogP contribution in [-0.4, -0.2) is 6.54 Å². The third kappa shape index (κ3) is 7.48. The molecule has 0 aromatic carbocycles. The molecule has 0 heterocycles. The first-order valence-corrected chi connectivity index (χ1v) is 3.47. The van der Waals surface area contributed by atoms with Crippen molar-refractivity contribution in [3.63, 3.8) is 0 Å². The largest absolute Gasteiger partial charge is 0.330 e. The van der Waals surface area contributed by atoms with Crippen molar-refractivity contribution in [2.45, 2.75) is 26.2 Å². The number of unbranched alkanes of at least 4 members (excludes halogenated alkanes) is 2. The van der Waals surface area contributed by atoms with Crippen molar-refractivity contribution in [2.75, 3.05) is 6.54 Å². The highest BCUT2D eigenvalue weighted by Gasteiger charge is 1.78. The van der Waals surface area contributed by atoms with Gasteiger partial charge in [0.25, 0.3) is 0 Å². The number of hydrogen-bond donors (Lipinski definition) is 1. The molecule has 52 valence electrons. The molecule has 0 aromatic rings. The van der Waals surface area contributed by atoms with Crippen LogP contribution in [0.15, 0.2) is 17.9 Å². The predicted octanol–water partition coefficient (Wildman–Crippen LogP) is 1.85. The van der Waals surface area contributed by atoms with Crippen molar-refractivity contribution in [1.82, 2.24) is 0 Å². The average Bonchev–Trinajstić information content (AvgIpc) is 1.89. The smallest absolute Gasteiger partial charge is 0.00772 e. The molecule has 0 saturated carbocycles. The SMILES string of the molecule is CC=C=CCCCCN. The summed E-state index contributed by atoms with van der Waals surface area (Å²) in [5.41, 5.74) is 8.32. The second-order valence-electron chi connectivity index (χ2n) is 1.94. The Balaban J connectivity index is 3.00. The van der Waals surface area contributed by atoms with Crippen molar-refractivity contribution in [3.8, 4) is 0 Å². The number of nitrogens with two attached hydrogens (primary N) is 1. The molecular weight excluding hydrogens is 110 g/mol. The quantitative estimate of drug-likeness (QED) is 0.450. The maximum Gasteiger partial charge on any atom is -0.00772 e. The topological polar surface area (TPSA) is 26.0 Å². The lowest BCUT2D eigenvalue weighted by Gasteiger charge is -1.88. The van der Waals surface area contributed by atoms with Crippen LogP contribution >= 0.6 is 0 Å². The Labute approximate surface area is 57.3 Å². The summed E-state index contributed by atoms with van der Waals surface area (Å²) in [6.45, 7) is 2.78. The van der Waals surface area contributed by atoms with E-state index in [9.17, 15) is 0 Å². The molecule has 0 saturated heterocycles. The first-order valence-electron chi connectivity index (χ1n) is 3.47. The van der Waals surface area contributed by atoms with Gasteiger partial charge in [0.1, 0.15) is 0 Å². The van der Waals surface area contributed by atoms with Crippen LogP contribution in [0.5, 0.6) is 0 Å². The predicted molar refractivity (Wildman–Crippen MR) is 41.2 cm³/mol. The zero-order chi connectivity index (χ0) is 6.95. The van der Waals surface area contributed by atoms with E-state index in [1.807, 2.05) is 13.0 Å². The van der Waals surface area contributed by atoms with Gasteiger partial charge in [-0.2, -0.15) is 0 Å². The maximum atomic E-state index is 5.30. The van der Waals surface area contributed by atoms with Crippen LogP contribution in [0, 0.1) is 0 Å². The van der Waals surface area contributed by atoms with E-state index in [4.69, 9.17) is 5.73 Å². The highest BCUT2D eigenvalue weighted by atomic mass is 14.5. The molecule has 0 spiro atoms. The fourth-order valence-electron chi connectivity index (χ4n) is 0.592. The highest BCUT2D eigenvalue weighted by Crippen LogP contribution is 1.92. The lowest BCUT2D eigenvalue weighted by molar-refractivity contribution is 0.759. The Hall–Kier alpha value is -0.520. The zero-order valence-electron chi connectivity index (χ0n) is 6.06. The molecule has 0 aliphatic heterocycles. The Morgan fingerprint density at radius 3 is 2.78 bits per heavy atom. The minimum atomic E-state index is 0.809. The van der Waals surface area contributed by atoms with Crippen molar-refractivity contribution < 1.29 is 0 Å². The minimum Gasteiger partial charge on any atom is -0.330 e. The molecule has 0 fully saturated rings. The average molecular weight is 125 g/mol. The molecule has 0 bridgehead atoms. The number of allylic oxidation sites excluding steroid dienone is 1. The summed E-state index contributed by atoms with van der Waals surface area (Å²) in [6, 6.07) is 0. The first-order chi connectivity index (χ1) is 4.41. The Morgan fingerprint density at radius 2 is 2.22 bits per heavy atom. The van der Waals surface area contributed by atoms with E-state index in [0.29, 0.717) is 0 Å². The van der Waals surface area contributed by atoms with Gasteiger partial charge >= 0.3 is 0 Å². The van der Waals surface area contributed by atoms with Crippen LogP contribution < -0.4 is 5.73 Å². The maximum absolute atomic E-state index is 5.30. The molecule has 1 heteroatoms. The molecular formula is C8H15N. The van der Waals surface area contributed by atoms with Gasteiger partial charge in [-0.1, -0.05) is 0 Å². The van der Waals surface area contributed by atoms with Crippen LogP contribution in [-0.2, 0) is 0 Å². The van der Waals surface area contributed by atoms with Crippen molar-refractivity contribution in [1.29, 1.82) is 0 Å². The van der Waals surface area contributed by atoms with Crippen molar-refractivity contribution in [3.05, 3.63) is 17.9 Å². The molecule has 0 aliphatic rings. The lowest BCUT2D eigenvalue weighted by atomic mass is 10.2. The molecule has 0 aromatic heterocycles. The van der Waals surface area contributed by atoms with Gasteiger partial charge in [0.05, 0.1) is 0 Å². The van der Waals surface area contributed by atoms with Crippen molar-refractivity contribution in [2.24, 2.45) is 5.73 Å². The molecule has 0 unspecified atom stereocenters. The standard InChI is InChI=1S/C8H15N/c1-2-3-4-5-6-7-8-9/h2,4H,5-9H2,1H3. The second kappa shape index (κ2) is 7.48. The Morgan fingerprint density at radius 1 is 1.44 bits per heavy atom. The van der Waals surface area contributed by atoms with E-state index in [2.05, 4.69) is 11.8 Å². The van der Waals surface area contributed by atoms with E-state index >= 15 is 0 Å². The summed E-state index contributed by atoms with van der Waals surface area (Å²) in [7, 11) is 0. The van der Waals surface area contributed by atoms with Crippen molar-refractivity contribution >= 4 is 0 Å². The van der Waals surface area contributed by atoms with Gasteiger partial charge in [0.15, 0.2) is 0 Å². The lowest BCUT2D eigenvalue weighted by Crippen LogP contribution is -1.96. The highest BCUT2D eigenvalue weighted by molar-refractivity contribution is 4.81. The van der Waals surface area contributed by atoms with Crippen LogP contribution in [0.4, 0.5) is 0 Å². The first kappa shape index (κ1) is 8.48. The van der Waals surface area contributed by atoms with Crippen LogP contribution in [0.2, 0.25) is 0 Å². The van der Waals surface area contributed by atoms with E-state index in [0.717, 1.165) is 19.4 Å². The normalized spacial score (nSPS) is 8.22. The zero-order valence-corrected chi connectivity index (χ0v) is 6.06. The second-order valence-corrected chi connectivity index (χ2v) is 1.94. The number of rotatable bonds is 4. The Kier molecular flexibility index (Phi) is 7.05. The molecule has 9 heavy (non-hydrogen) atoms. The monoisotopic (exact) mass is 125 g/mol. The molecule has 0 atom stereocenters. The van der Waals surface area contributed by atoms with E-state index < -0.39 is 0 Å². The summed E-state index contributed by atoms with van der Waals surface area (Å²) in [4.78, 5) is 0. The van der Waals surface area contributed by atoms with E-state index in [-0.39, 0.29) is 0 Å². The third-order valence-electron chi connectivity index (χ3n) is 1.09. The molecule has 0 aliphatic carbocycles. The van der Waals surface area contributed by atoms with Gasteiger partial charge in [-0.25, -0.2) is 0 Å². The number of hydrogen-bond acceptors (Lipinski definition) is 1. The summed E-state index contributed by atoms with van der Waals surface area (Å²) < 4.78 is 0. The minimum absolute atomic E-state index is 0.809. The molecule has 0 radical (unpaired) electrons. The fourth-order valence-corrected chi connectivity index (χ4v) is 0.592. The van der Waals surface area contributed by atoms with Crippen LogP contribution in [0.25, 0.3) is 0 Å². The van der Waals surface area contributed by atoms with Gasteiger partial charge in [-0.05, 0) is 44.9 Å². The van der Waals surface area contributed by atoms with E-state index in [1.54, 1.807) is 0 Å². The molecule has 2 N–H and O–H groups in total. The molecule has 1 nitrogen and oxygen atoms in total. The van der Waals surface area contributed by atoms with Crippen LogP contribution in [0.1, 0.15) is 26.2 Å². The van der Waals surface area contributed by atoms with Gasteiger partial charge < -0.3 is 5.73 Å². The van der Waals surface area contributed by atoms with Crippen LogP contribution in [0.3, 0.4) is 0 Å². The van der Waals surface area contributed by atoms with Gasteiger partial charge in [-0.3, -0.25) is 0 Å². The van der Waals surface area contributed by atoms with Gasteiger partial charge in [-0.15, -0.1) is 5.73 Å². The third-order valence-corrected chi connectivity index (χ3v) is 1.09. The summed E-state index contributed by atoms with van der Waals surface area (Å²) in [5.74, 6) is 0. The summed E-state index contributed by atoms with van der Waals surface area (Å²) in [5, 5.41) is 0. The van der Waals surface area contributed by atoms with E-state index in [1.165, 1.54) is 6.42 Å². The molecule has 0 amide bonds. The summed E-state index contributed by atoms with van der Waals surface area (Å²) in [6.07, 6.45) is 7.40. The fraction of sp³-hybridized carbons (Fsp3) is 0.625. The van der Waals surface area contributed by atoms with Gasteiger partial charge in [0.2, 0.25) is 0 Å². The Bertz CT molecular complexity index is 99.1. The van der Waals surface area contributed by atoms with Gasteiger partial charge in [0, 0.05) is 0 Å². The molecule has 0 rings (SSSR count). The summed E-state index contributed by atoms with van der Waals surface area (Å²) >= 11 is 0.